The van der Waals surface area contributed by atoms with Crippen molar-refractivity contribution in [1.82, 2.24) is 0 Å². The first-order valence-corrected chi connectivity index (χ1v) is 4.71. The third-order valence-corrected chi connectivity index (χ3v) is 2.16. The van der Waals surface area contributed by atoms with Crippen molar-refractivity contribution >= 4 is 18.2 Å². The van der Waals surface area contributed by atoms with Crippen molar-refractivity contribution in [2.45, 2.75) is 11.5 Å². The van der Waals surface area contributed by atoms with Crippen LogP contribution in [-0.2, 0) is 16.1 Å². The first-order valence-electron chi connectivity index (χ1n) is 3.48. The van der Waals surface area contributed by atoms with Crippen LogP contribution in [0.2, 0.25) is 0 Å². The molecule has 0 aliphatic heterocycles. The lowest BCUT2D eigenvalue weighted by molar-refractivity contribution is 0.267. The van der Waals surface area contributed by atoms with Crippen molar-refractivity contribution in [1.29, 1.82) is 0 Å². The summed E-state index contributed by atoms with van der Waals surface area (Å²) < 4.78 is 4.50. The highest BCUT2D eigenvalue weighted by atomic mass is 32.2. The monoisotopic (exact) mass is 181 g/mol. The van der Waals surface area contributed by atoms with Crippen LogP contribution in [0, 0.1) is 0 Å². The normalized spacial score (nSPS) is 9.42. The SMILES string of the molecule is CSc1cccc(CO[C]=O)c1. The van der Waals surface area contributed by atoms with E-state index in [1.807, 2.05) is 30.5 Å². The molecule has 3 heteroatoms. The molecule has 12 heavy (non-hydrogen) atoms. The molecule has 0 aliphatic rings. The summed E-state index contributed by atoms with van der Waals surface area (Å²) in [5, 5.41) is 0. The van der Waals surface area contributed by atoms with E-state index < -0.39 is 0 Å². The van der Waals surface area contributed by atoms with Gasteiger partial charge in [0.15, 0.2) is 0 Å². The number of ether oxygens (including phenoxy) is 1. The maximum atomic E-state index is 9.78. The highest BCUT2D eigenvalue weighted by molar-refractivity contribution is 7.98. The quantitative estimate of drug-likeness (QED) is 0.664. The van der Waals surface area contributed by atoms with Crippen molar-refractivity contribution in [2.24, 2.45) is 0 Å². The minimum atomic E-state index is 0.303. The second-order valence-corrected chi connectivity index (χ2v) is 3.10. The van der Waals surface area contributed by atoms with E-state index in [-0.39, 0.29) is 0 Å². The zero-order valence-electron chi connectivity index (χ0n) is 6.74. The van der Waals surface area contributed by atoms with E-state index in [0.29, 0.717) is 6.61 Å². The molecule has 0 fully saturated rings. The van der Waals surface area contributed by atoms with Gasteiger partial charge in [0.05, 0.1) is 0 Å². The molecule has 1 radical (unpaired) electrons. The standard InChI is InChI=1S/C9H9O2S/c1-12-9-4-2-3-8(5-9)6-11-7-10/h2-5H,6H2,1H3. The zero-order chi connectivity index (χ0) is 8.81. The van der Waals surface area contributed by atoms with Crippen LogP contribution < -0.4 is 0 Å². The van der Waals surface area contributed by atoms with Gasteiger partial charge in [-0.3, -0.25) is 0 Å². The van der Waals surface area contributed by atoms with Gasteiger partial charge in [-0.15, -0.1) is 11.8 Å². The number of carbonyl (C=O) groups excluding carboxylic acids is 1. The van der Waals surface area contributed by atoms with Gasteiger partial charge >= 0.3 is 6.47 Å². The van der Waals surface area contributed by atoms with Gasteiger partial charge in [-0.1, -0.05) is 12.1 Å². The molecule has 0 heterocycles. The van der Waals surface area contributed by atoms with Gasteiger partial charge in [0, 0.05) is 4.90 Å². The lowest BCUT2D eigenvalue weighted by Crippen LogP contribution is -1.89. The fourth-order valence-electron chi connectivity index (χ4n) is 0.875. The van der Waals surface area contributed by atoms with Crippen molar-refractivity contribution < 1.29 is 9.53 Å². The van der Waals surface area contributed by atoms with Crippen molar-refractivity contribution in [3.8, 4) is 0 Å². The number of hydrogen-bond acceptors (Lipinski definition) is 3. The Bertz CT molecular complexity index is 260. The lowest BCUT2D eigenvalue weighted by atomic mass is 10.2. The molecule has 1 rings (SSSR count). The smallest absolute Gasteiger partial charge is 0.417 e. The molecule has 0 bridgehead atoms. The molecular weight excluding hydrogens is 172 g/mol. The lowest BCUT2D eigenvalue weighted by Gasteiger charge is -2.00. The summed E-state index contributed by atoms with van der Waals surface area (Å²) >= 11 is 1.66. The Hall–Kier alpha value is -0.960. The summed E-state index contributed by atoms with van der Waals surface area (Å²) in [5.41, 5.74) is 0.991. The maximum Gasteiger partial charge on any atom is 0.417 e. The molecule has 0 saturated carbocycles. The van der Waals surface area contributed by atoms with Crippen molar-refractivity contribution in [3.63, 3.8) is 0 Å². The van der Waals surface area contributed by atoms with Crippen LogP contribution in [0.4, 0.5) is 0 Å². The summed E-state index contributed by atoms with van der Waals surface area (Å²) in [6, 6.07) is 7.85. The number of rotatable bonds is 4. The van der Waals surface area contributed by atoms with Crippen LogP contribution in [0.25, 0.3) is 0 Å². The summed E-state index contributed by atoms with van der Waals surface area (Å²) in [7, 11) is 0. The highest BCUT2D eigenvalue weighted by Gasteiger charge is 1.94. The molecule has 0 spiro atoms. The molecule has 0 amide bonds. The third kappa shape index (κ3) is 2.58. The molecule has 1 aromatic carbocycles. The van der Waals surface area contributed by atoms with Gasteiger partial charge in [0.2, 0.25) is 0 Å². The molecule has 0 atom stereocenters. The van der Waals surface area contributed by atoms with E-state index in [2.05, 4.69) is 4.74 Å². The average Bonchev–Trinajstić information content (AvgIpc) is 2.15. The Labute approximate surface area is 75.9 Å². The molecule has 0 aliphatic carbocycles. The molecule has 2 nitrogen and oxygen atoms in total. The fourth-order valence-corrected chi connectivity index (χ4v) is 1.36. The Kier molecular flexibility index (Phi) is 3.67. The van der Waals surface area contributed by atoms with Crippen LogP contribution >= 0.6 is 11.8 Å². The second kappa shape index (κ2) is 4.83. The summed E-state index contributed by atoms with van der Waals surface area (Å²) in [6.45, 7) is 1.70. The van der Waals surface area contributed by atoms with Crippen LogP contribution in [0.15, 0.2) is 29.2 Å². The first kappa shape index (κ1) is 9.13. The van der Waals surface area contributed by atoms with Crippen LogP contribution in [-0.4, -0.2) is 12.7 Å². The van der Waals surface area contributed by atoms with Crippen LogP contribution in [0.5, 0.6) is 0 Å². The van der Waals surface area contributed by atoms with E-state index in [1.165, 1.54) is 11.4 Å². The Morgan fingerprint density at radius 1 is 1.58 bits per heavy atom. The van der Waals surface area contributed by atoms with Crippen LogP contribution in [0.3, 0.4) is 0 Å². The maximum absolute atomic E-state index is 9.78. The van der Waals surface area contributed by atoms with Crippen molar-refractivity contribution in [2.75, 3.05) is 6.26 Å². The molecule has 0 aromatic heterocycles. The Balaban J connectivity index is 2.65. The van der Waals surface area contributed by atoms with E-state index >= 15 is 0 Å². The summed E-state index contributed by atoms with van der Waals surface area (Å²) in [5.74, 6) is 0. The van der Waals surface area contributed by atoms with Crippen molar-refractivity contribution in [3.05, 3.63) is 29.8 Å². The molecule has 0 unspecified atom stereocenters. The number of hydrogen-bond donors (Lipinski definition) is 0. The highest BCUT2D eigenvalue weighted by Crippen LogP contribution is 2.15. The van der Waals surface area contributed by atoms with E-state index in [4.69, 9.17) is 0 Å². The van der Waals surface area contributed by atoms with E-state index in [1.54, 1.807) is 11.8 Å². The van der Waals surface area contributed by atoms with Gasteiger partial charge in [0.25, 0.3) is 0 Å². The minimum Gasteiger partial charge on any atom is -0.452 e. The second-order valence-electron chi connectivity index (χ2n) is 2.22. The van der Waals surface area contributed by atoms with Crippen LogP contribution in [0.1, 0.15) is 5.56 Å². The minimum absolute atomic E-state index is 0.303. The van der Waals surface area contributed by atoms with Gasteiger partial charge in [-0.25, -0.2) is 4.79 Å². The predicted octanol–water partition coefficient (Wildman–Crippen LogP) is 1.99. The summed E-state index contributed by atoms with van der Waals surface area (Å²) in [4.78, 5) is 10.9. The summed E-state index contributed by atoms with van der Waals surface area (Å²) in [6.07, 6.45) is 2.01. The van der Waals surface area contributed by atoms with Gasteiger partial charge in [-0.05, 0) is 24.0 Å². The van der Waals surface area contributed by atoms with Gasteiger partial charge < -0.3 is 4.74 Å². The van der Waals surface area contributed by atoms with Gasteiger partial charge in [-0.2, -0.15) is 0 Å². The van der Waals surface area contributed by atoms with E-state index in [0.717, 1.165) is 5.56 Å². The Morgan fingerprint density at radius 2 is 2.42 bits per heavy atom. The van der Waals surface area contributed by atoms with E-state index in [9.17, 15) is 4.79 Å². The number of thioether (sulfide) groups is 1. The number of benzene rings is 1. The Morgan fingerprint density at radius 3 is 3.08 bits per heavy atom. The molecular formula is C9H9O2S. The average molecular weight is 181 g/mol. The molecule has 0 saturated heterocycles. The first-order chi connectivity index (χ1) is 5.86. The zero-order valence-corrected chi connectivity index (χ0v) is 7.56. The van der Waals surface area contributed by atoms with Gasteiger partial charge in [0.1, 0.15) is 6.61 Å². The molecule has 63 valence electrons. The molecule has 0 N–H and O–H groups in total. The fraction of sp³-hybridized carbons (Fsp3) is 0.222. The predicted molar refractivity (Wildman–Crippen MR) is 48.7 cm³/mol. The molecule has 1 aromatic rings. The largest absolute Gasteiger partial charge is 0.452 e. The third-order valence-electron chi connectivity index (χ3n) is 1.43. The topological polar surface area (TPSA) is 26.3 Å².